The lowest BCUT2D eigenvalue weighted by Gasteiger charge is -2.14. The monoisotopic (exact) mass is 311 g/mol. The van der Waals surface area contributed by atoms with Gasteiger partial charge in [-0.25, -0.2) is 9.97 Å². The van der Waals surface area contributed by atoms with E-state index >= 15 is 0 Å². The van der Waals surface area contributed by atoms with Crippen LogP contribution < -0.4 is 10.6 Å². The van der Waals surface area contributed by atoms with E-state index in [1.54, 1.807) is 17.5 Å². The topological polar surface area (TPSA) is 62.7 Å². The van der Waals surface area contributed by atoms with Crippen LogP contribution in [0.2, 0.25) is 5.02 Å². The van der Waals surface area contributed by atoms with Crippen molar-refractivity contribution < 1.29 is 0 Å². The van der Waals surface area contributed by atoms with Crippen LogP contribution >= 0.6 is 22.9 Å². The number of halogens is 1. The summed E-state index contributed by atoms with van der Waals surface area (Å²) in [4.78, 5) is 13.0. The van der Waals surface area contributed by atoms with Crippen molar-refractivity contribution in [1.82, 2.24) is 15.0 Å². The third-order valence-electron chi connectivity index (χ3n) is 2.64. The van der Waals surface area contributed by atoms with Gasteiger partial charge in [-0.15, -0.1) is 11.3 Å². The highest BCUT2D eigenvalue weighted by molar-refractivity contribution is 7.09. The second-order valence-corrected chi connectivity index (χ2v) is 5.81. The van der Waals surface area contributed by atoms with Crippen molar-refractivity contribution in [2.75, 3.05) is 17.2 Å². The van der Waals surface area contributed by atoms with Crippen molar-refractivity contribution in [3.8, 4) is 0 Å². The number of anilines is 2. The van der Waals surface area contributed by atoms with Gasteiger partial charge >= 0.3 is 0 Å². The molecule has 0 aliphatic heterocycles. The molecular formula is C13H18ClN5S. The molecule has 0 bridgehead atoms. The zero-order valence-corrected chi connectivity index (χ0v) is 13.3. The van der Waals surface area contributed by atoms with E-state index in [0.29, 0.717) is 16.8 Å². The molecule has 0 aliphatic carbocycles. The van der Waals surface area contributed by atoms with E-state index in [1.807, 2.05) is 19.2 Å². The van der Waals surface area contributed by atoms with Gasteiger partial charge in [-0.2, -0.15) is 4.98 Å². The summed E-state index contributed by atoms with van der Waals surface area (Å²) in [6.07, 6.45) is 2.62. The fourth-order valence-electron chi connectivity index (χ4n) is 1.63. The minimum atomic E-state index is 0.0557. The Morgan fingerprint density at radius 2 is 2.20 bits per heavy atom. The molecule has 7 heteroatoms. The minimum absolute atomic E-state index is 0.0557. The second-order valence-electron chi connectivity index (χ2n) is 4.51. The van der Waals surface area contributed by atoms with Crippen molar-refractivity contribution in [2.45, 2.75) is 33.2 Å². The minimum Gasteiger partial charge on any atom is -0.360 e. The van der Waals surface area contributed by atoms with Gasteiger partial charge in [0.2, 0.25) is 5.95 Å². The van der Waals surface area contributed by atoms with Gasteiger partial charge in [-0.3, -0.25) is 0 Å². The molecular weight excluding hydrogens is 294 g/mol. The van der Waals surface area contributed by atoms with Gasteiger partial charge < -0.3 is 10.6 Å². The average Bonchev–Trinajstić information content (AvgIpc) is 2.86. The Bertz CT molecular complexity index is 572. The largest absolute Gasteiger partial charge is 0.360 e. The molecule has 1 atom stereocenters. The van der Waals surface area contributed by atoms with Crippen molar-refractivity contribution in [3.05, 3.63) is 27.3 Å². The van der Waals surface area contributed by atoms with Crippen LogP contribution in [0.4, 0.5) is 11.8 Å². The van der Waals surface area contributed by atoms with Crippen LogP contribution in [-0.2, 0) is 0 Å². The number of aryl methyl sites for hydroxylation is 1. The standard InChI is InChI=1S/C13H18ClN5S/c1-4-5-15-13-16-6-10(14)11(19-13)18-9(3)12-17-8(2)7-20-12/h6-7,9H,4-5H2,1-3H3,(H2,15,16,18,19). The van der Waals surface area contributed by atoms with Crippen molar-refractivity contribution >= 4 is 34.7 Å². The molecule has 20 heavy (non-hydrogen) atoms. The van der Waals surface area contributed by atoms with E-state index in [9.17, 15) is 0 Å². The molecule has 0 saturated heterocycles. The fraction of sp³-hybridized carbons (Fsp3) is 0.462. The molecule has 2 aromatic heterocycles. The Balaban J connectivity index is 2.11. The van der Waals surface area contributed by atoms with E-state index in [2.05, 4.69) is 32.5 Å². The summed E-state index contributed by atoms with van der Waals surface area (Å²) < 4.78 is 0. The highest BCUT2D eigenvalue weighted by Gasteiger charge is 2.13. The molecule has 0 spiro atoms. The first-order chi connectivity index (χ1) is 9.60. The second kappa shape index (κ2) is 6.85. The molecule has 2 heterocycles. The molecule has 0 fully saturated rings. The van der Waals surface area contributed by atoms with E-state index in [0.717, 1.165) is 23.7 Å². The summed E-state index contributed by atoms with van der Waals surface area (Å²) in [5, 5.41) is 9.98. The summed E-state index contributed by atoms with van der Waals surface area (Å²) in [6.45, 7) is 6.95. The smallest absolute Gasteiger partial charge is 0.224 e. The van der Waals surface area contributed by atoms with E-state index < -0.39 is 0 Å². The Kier molecular flexibility index (Phi) is 5.14. The van der Waals surface area contributed by atoms with Crippen LogP contribution in [0.1, 0.15) is 37.0 Å². The lowest BCUT2D eigenvalue weighted by atomic mass is 10.3. The molecule has 0 saturated carbocycles. The number of hydrogen-bond donors (Lipinski definition) is 2. The zero-order chi connectivity index (χ0) is 14.5. The van der Waals surface area contributed by atoms with Crippen LogP contribution in [0.25, 0.3) is 0 Å². The van der Waals surface area contributed by atoms with Gasteiger partial charge in [0.15, 0.2) is 5.82 Å². The molecule has 5 nitrogen and oxygen atoms in total. The highest BCUT2D eigenvalue weighted by atomic mass is 35.5. The molecule has 0 amide bonds. The van der Waals surface area contributed by atoms with Crippen LogP contribution in [0.3, 0.4) is 0 Å². The highest BCUT2D eigenvalue weighted by Crippen LogP contribution is 2.26. The summed E-state index contributed by atoms with van der Waals surface area (Å²) in [7, 11) is 0. The van der Waals surface area contributed by atoms with Gasteiger partial charge in [-0.05, 0) is 20.3 Å². The third kappa shape index (κ3) is 3.80. The number of aromatic nitrogens is 3. The first-order valence-electron chi connectivity index (χ1n) is 6.55. The normalized spacial score (nSPS) is 12.2. The predicted octanol–water partition coefficient (Wildman–Crippen LogP) is 3.89. The van der Waals surface area contributed by atoms with E-state index in [4.69, 9.17) is 11.6 Å². The van der Waals surface area contributed by atoms with Crippen LogP contribution in [0.5, 0.6) is 0 Å². The number of rotatable bonds is 6. The SMILES string of the molecule is CCCNc1ncc(Cl)c(NC(C)c2nc(C)cs2)n1. The molecule has 2 N–H and O–H groups in total. The average molecular weight is 312 g/mol. The number of hydrogen-bond acceptors (Lipinski definition) is 6. The van der Waals surface area contributed by atoms with Crippen molar-refractivity contribution in [1.29, 1.82) is 0 Å². The molecule has 0 radical (unpaired) electrons. The zero-order valence-electron chi connectivity index (χ0n) is 11.8. The first-order valence-corrected chi connectivity index (χ1v) is 7.81. The van der Waals surface area contributed by atoms with E-state index in [1.165, 1.54) is 0 Å². The molecule has 0 aliphatic rings. The van der Waals surface area contributed by atoms with Gasteiger partial charge in [0.25, 0.3) is 0 Å². The number of thiazole rings is 1. The van der Waals surface area contributed by atoms with Gasteiger partial charge in [0.05, 0.1) is 12.2 Å². The maximum absolute atomic E-state index is 6.13. The number of nitrogens with zero attached hydrogens (tertiary/aromatic N) is 3. The first kappa shape index (κ1) is 15.0. The van der Waals surface area contributed by atoms with Crippen molar-refractivity contribution in [3.63, 3.8) is 0 Å². The Labute approximate surface area is 127 Å². The summed E-state index contributed by atoms with van der Waals surface area (Å²) in [5.74, 6) is 1.21. The Hall–Kier alpha value is -1.40. The van der Waals surface area contributed by atoms with Gasteiger partial charge in [0.1, 0.15) is 10.0 Å². The quantitative estimate of drug-likeness (QED) is 0.847. The number of nitrogens with one attached hydrogen (secondary N) is 2. The lowest BCUT2D eigenvalue weighted by Crippen LogP contribution is -2.11. The Morgan fingerprint density at radius 1 is 1.40 bits per heavy atom. The van der Waals surface area contributed by atoms with Crippen LogP contribution in [0, 0.1) is 6.92 Å². The summed E-state index contributed by atoms with van der Waals surface area (Å²) in [5.41, 5.74) is 1.03. The molecule has 2 aromatic rings. The van der Waals surface area contributed by atoms with Gasteiger partial charge in [0, 0.05) is 17.6 Å². The molecule has 108 valence electrons. The van der Waals surface area contributed by atoms with Gasteiger partial charge in [-0.1, -0.05) is 18.5 Å². The molecule has 2 rings (SSSR count). The summed E-state index contributed by atoms with van der Waals surface area (Å²) in [6, 6.07) is 0.0557. The maximum atomic E-state index is 6.13. The van der Waals surface area contributed by atoms with E-state index in [-0.39, 0.29) is 6.04 Å². The molecule has 0 aromatic carbocycles. The summed E-state index contributed by atoms with van der Waals surface area (Å²) >= 11 is 7.76. The fourth-order valence-corrected chi connectivity index (χ4v) is 2.58. The lowest BCUT2D eigenvalue weighted by molar-refractivity contribution is 0.852. The molecule has 1 unspecified atom stereocenters. The van der Waals surface area contributed by atoms with Crippen LogP contribution in [-0.4, -0.2) is 21.5 Å². The maximum Gasteiger partial charge on any atom is 0.224 e. The third-order valence-corrected chi connectivity index (χ3v) is 4.06. The Morgan fingerprint density at radius 3 is 2.85 bits per heavy atom. The van der Waals surface area contributed by atoms with Crippen molar-refractivity contribution in [2.24, 2.45) is 0 Å². The van der Waals surface area contributed by atoms with Crippen LogP contribution in [0.15, 0.2) is 11.6 Å². The predicted molar refractivity (Wildman–Crippen MR) is 84.7 cm³/mol.